The third-order valence-electron chi connectivity index (χ3n) is 3.23. The lowest BCUT2D eigenvalue weighted by molar-refractivity contribution is 0.0600. The van der Waals surface area contributed by atoms with E-state index in [1.807, 2.05) is 30.3 Å². The zero-order valence-electron chi connectivity index (χ0n) is 11.7. The van der Waals surface area contributed by atoms with Crippen LogP contribution < -0.4 is 0 Å². The molecule has 0 aliphatic heterocycles. The molecular weight excluding hydrogens is 248 g/mol. The van der Waals surface area contributed by atoms with Crippen LogP contribution in [-0.2, 0) is 4.74 Å². The van der Waals surface area contributed by atoms with Gasteiger partial charge in [-0.25, -0.2) is 4.79 Å². The van der Waals surface area contributed by atoms with Crippen molar-refractivity contribution in [2.75, 3.05) is 7.11 Å². The van der Waals surface area contributed by atoms with Gasteiger partial charge in [-0.05, 0) is 29.2 Å². The number of hydrogen-bond acceptors (Lipinski definition) is 2. The first kappa shape index (κ1) is 14.1. The largest absolute Gasteiger partial charge is 0.465 e. The molecule has 102 valence electrons. The van der Waals surface area contributed by atoms with Crippen LogP contribution in [-0.4, -0.2) is 13.1 Å². The van der Waals surface area contributed by atoms with Crippen molar-refractivity contribution in [1.82, 2.24) is 0 Å². The van der Waals surface area contributed by atoms with Gasteiger partial charge in [0.25, 0.3) is 0 Å². The molecule has 20 heavy (non-hydrogen) atoms. The maximum absolute atomic E-state index is 11.4. The highest BCUT2D eigenvalue weighted by molar-refractivity contribution is 5.89. The minimum Gasteiger partial charge on any atom is -0.465 e. The number of carbonyl (C=O) groups is 1. The molecule has 2 rings (SSSR count). The summed E-state index contributed by atoms with van der Waals surface area (Å²) in [6, 6.07) is 17.7. The average Bonchev–Trinajstić information content (AvgIpc) is 2.53. The Labute approximate surface area is 119 Å². The van der Waals surface area contributed by atoms with Crippen molar-refractivity contribution in [3.05, 3.63) is 77.4 Å². The maximum Gasteiger partial charge on any atom is 0.337 e. The number of hydrogen-bond donors (Lipinski definition) is 0. The Balaban J connectivity index is 2.08. The van der Waals surface area contributed by atoms with E-state index in [2.05, 4.69) is 35.9 Å². The summed E-state index contributed by atoms with van der Waals surface area (Å²) in [7, 11) is 1.39. The van der Waals surface area contributed by atoms with Gasteiger partial charge in [-0.2, -0.15) is 0 Å². The Bertz CT molecular complexity index is 583. The van der Waals surface area contributed by atoms with E-state index in [9.17, 15) is 4.79 Å². The first-order valence-electron chi connectivity index (χ1n) is 6.62. The van der Waals surface area contributed by atoms with E-state index >= 15 is 0 Å². The van der Waals surface area contributed by atoms with E-state index in [1.165, 1.54) is 18.2 Å². The Morgan fingerprint density at radius 2 is 1.70 bits per heavy atom. The van der Waals surface area contributed by atoms with E-state index in [1.54, 1.807) is 12.1 Å². The summed E-state index contributed by atoms with van der Waals surface area (Å²) in [6.07, 6.45) is 4.27. The Morgan fingerprint density at radius 3 is 2.30 bits per heavy atom. The second kappa shape index (κ2) is 6.71. The fraction of sp³-hybridized carbons (Fsp3) is 0.167. The summed E-state index contributed by atoms with van der Waals surface area (Å²) in [4.78, 5) is 11.4. The number of ether oxygens (including phenoxy) is 1. The molecule has 2 heteroatoms. The van der Waals surface area contributed by atoms with Crippen molar-refractivity contribution in [2.45, 2.75) is 12.8 Å². The van der Waals surface area contributed by atoms with Gasteiger partial charge in [0.05, 0.1) is 12.7 Å². The lowest BCUT2D eigenvalue weighted by atomic mass is 9.98. The molecule has 0 fully saturated rings. The van der Waals surface area contributed by atoms with Gasteiger partial charge in [0.15, 0.2) is 0 Å². The zero-order chi connectivity index (χ0) is 14.4. The maximum atomic E-state index is 11.4. The molecule has 0 radical (unpaired) electrons. The quantitative estimate of drug-likeness (QED) is 0.772. The van der Waals surface area contributed by atoms with Crippen LogP contribution >= 0.6 is 0 Å². The molecule has 0 saturated heterocycles. The van der Waals surface area contributed by atoms with Crippen LogP contribution in [0.4, 0.5) is 0 Å². The van der Waals surface area contributed by atoms with Gasteiger partial charge in [-0.3, -0.25) is 0 Å². The molecule has 1 atom stereocenters. The first-order valence-corrected chi connectivity index (χ1v) is 6.62. The number of methoxy groups -OCH3 is 1. The van der Waals surface area contributed by atoms with Gasteiger partial charge in [-0.1, -0.05) is 61.5 Å². The normalized spacial score (nSPS) is 12.3. The molecule has 0 aliphatic carbocycles. The van der Waals surface area contributed by atoms with Gasteiger partial charge in [0, 0.05) is 0 Å². The fourth-order valence-electron chi connectivity index (χ4n) is 1.97. The minimum atomic E-state index is -0.302. The van der Waals surface area contributed by atoms with Crippen LogP contribution in [0.15, 0.2) is 60.7 Å². The fourth-order valence-corrected chi connectivity index (χ4v) is 1.97. The predicted octanol–water partition coefficient (Wildman–Crippen LogP) is 4.29. The summed E-state index contributed by atoms with van der Waals surface area (Å²) in [6.45, 7) is 2.13. The second-order valence-electron chi connectivity index (χ2n) is 4.67. The van der Waals surface area contributed by atoms with Gasteiger partial charge in [-0.15, -0.1) is 0 Å². The van der Waals surface area contributed by atoms with Crippen molar-refractivity contribution in [3.63, 3.8) is 0 Å². The monoisotopic (exact) mass is 266 g/mol. The van der Waals surface area contributed by atoms with Gasteiger partial charge < -0.3 is 4.74 Å². The molecule has 2 aromatic rings. The molecule has 0 unspecified atom stereocenters. The minimum absolute atomic E-state index is 0.293. The smallest absolute Gasteiger partial charge is 0.337 e. The van der Waals surface area contributed by atoms with E-state index in [0.29, 0.717) is 11.5 Å². The summed E-state index contributed by atoms with van der Waals surface area (Å²) in [5.74, 6) is -0.00839. The Hall–Kier alpha value is -2.35. The molecule has 0 aliphatic rings. The third kappa shape index (κ3) is 3.58. The number of allylic oxidation sites excluding steroid dienone is 1. The van der Waals surface area contributed by atoms with Crippen LogP contribution in [0.2, 0.25) is 0 Å². The molecule has 0 amide bonds. The lowest BCUT2D eigenvalue weighted by Gasteiger charge is -2.07. The summed E-state index contributed by atoms with van der Waals surface area (Å²) >= 11 is 0. The van der Waals surface area contributed by atoms with Crippen molar-refractivity contribution < 1.29 is 9.53 Å². The van der Waals surface area contributed by atoms with Crippen LogP contribution in [0.5, 0.6) is 0 Å². The molecule has 0 bridgehead atoms. The summed E-state index contributed by atoms with van der Waals surface area (Å²) < 4.78 is 4.69. The summed E-state index contributed by atoms with van der Waals surface area (Å²) in [5, 5.41) is 0. The van der Waals surface area contributed by atoms with Crippen molar-refractivity contribution in [1.29, 1.82) is 0 Å². The Morgan fingerprint density at radius 1 is 1.05 bits per heavy atom. The molecular formula is C18H18O2. The molecule has 2 nitrogen and oxygen atoms in total. The lowest BCUT2D eigenvalue weighted by Crippen LogP contribution is -2.01. The van der Waals surface area contributed by atoms with Gasteiger partial charge >= 0.3 is 5.97 Å². The molecule has 0 spiro atoms. The van der Waals surface area contributed by atoms with Crippen molar-refractivity contribution in [2.24, 2.45) is 0 Å². The zero-order valence-corrected chi connectivity index (χ0v) is 11.7. The van der Waals surface area contributed by atoms with Crippen molar-refractivity contribution in [3.8, 4) is 0 Å². The van der Waals surface area contributed by atoms with E-state index in [0.717, 1.165) is 0 Å². The average molecular weight is 266 g/mol. The van der Waals surface area contributed by atoms with Crippen molar-refractivity contribution >= 4 is 12.0 Å². The molecule has 0 saturated carbocycles. The standard InChI is InChI=1S/C18H18O2/c1-14(8-9-15-6-4-3-5-7-15)16-10-12-17(13-11-16)18(19)20-2/h3-14H,1-2H3/b9-8+/t14-/m1/s1. The van der Waals surface area contributed by atoms with Crippen LogP contribution in [0, 0.1) is 0 Å². The van der Waals surface area contributed by atoms with Crippen LogP contribution in [0.1, 0.15) is 34.3 Å². The third-order valence-corrected chi connectivity index (χ3v) is 3.23. The number of esters is 1. The summed E-state index contributed by atoms with van der Waals surface area (Å²) in [5.41, 5.74) is 2.94. The van der Waals surface area contributed by atoms with Crippen LogP contribution in [0.3, 0.4) is 0 Å². The number of benzene rings is 2. The van der Waals surface area contributed by atoms with E-state index < -0.39 is 0 Å². The number of rotatable bonds is 4. The second-order valence-corrected chi connectivity index (χ2v) is 4.67. The van der Waals surface area contributed by atoms with Crippen LogP contribution in [0.25, 0.3) is 6.08 Å². The van der Waals surface area contributed by atoms with E-state index in [4.69, 9.17) is 0 Å². The topological polar surface area (TPSA) is 26.3 Å². The highest BCUT2D eigenvalue weighted by atomic mass is 16.5. The molecule has 0 N–H and O–H groups in total. The Kier molecular flexibility index (Phi) is 4.72. The predicted molar refractivity (Wildman–Crippen MR) is 81.7 cm³/mol. The highest BCUT2D eigenvalue weighted by Crippen LogP contribution is 2.19. The first-order chi connectivity index (χ1) is 9.70. The van der Waals surface area contributed by atoms with Gasteiger partial charge in [0.1, 0.15) is 0 Å². The van der Waals surface area contributed by atoms with E-state index in [-0.39, 0.29) is 5.97 Å². The number of carbonyl (C=O) groups excluding carboxylic acids is 1. The van der Waals surface area contributed by atoms with Gasteiger partial charge in [0.2, 0.25) is 0 Å². The molecule has 2 aromatic carbocycles. The molecule has 0 heterocycles. The molecule has 0 aromatic heterocycles. The SMILES string of the molecule is COC(=O)c1ccc([C@H](C)/C=C/c2ccccc2)cc1. The highest BCUT2D eigenvalue weighted by Gasteiger charge is 2.06.